The fourth-order valence-electron chi connectivity index (χ4n) is 2.95. The van der Waals surface area contributed by atoms with Gasteiger partial charge >= 0.3 is 5.97 Å². The number of benzene rings is 3. The van der Waals surface area contributed by atoms with Crippen LogP contribution in [0.15, 0.2) is 60.7 Å². The second kappa shape index (κ2) is 7.92. The summed E-state index contributed by atoms with van der Waals surface area (Å²) in [7, 11) is 0. The number of phenolic OH excluding ortho intramolecular Hbond substituents is 2. The summed E-state index contributed by atoms with van der Waals surface area (Å²) >= 11 is 0. The third kappa shape index (κ3) is 4.35. The van der Waals surface area contributed by atoms with Crippen LogP contribution in [-0.4, -0.2) is 26.4 Å². The zero-order chi connectivity index (χ0) is 20.3. The largest absolute Gasteiger partial charge is 0.508 e. The van der Waals surface area contributed by atoms with Crippen molar-refractivity contribution in [2.24, 2.45) is 0 Å². The highest BCUT2D eigenvalue weighted by atomic mass is 16.4. The van der Waals surface area contributed by atoms with Crippen LogP contribution >= 0.6 is 0 Å². The second-order valence-electron chi connectivity index (χ2n) is 6.66. The van der Waals surface area contributed by atoms with Gasteiger partial charge in [0.25, 0.3) is 0 Å². The van der Waals surface area contributed by atoms with E-state index in [-0.39, 0.29) is 29.4 Å². The molecule has 4 N–H and O–H groups in total. The summed E-state index contributed by atoms with van der Waals surface area (Å²) in [6, 6.07) is 16.5. The quantitative estimate of drug-likeness (QED) is 0.483. The van der Waals surface area contributed by atoms with Crippen LogP contribution < -0.4 is 4.90 Å². The molecule has 0 bridgehead atoms. The molecule has 0 saturated carbocycles. The molecule has 3 rings (SSSR count). The highest BCUT2D eigenvalue weighted by Gasteiger charge is 2.16. The average Bonchev–Trinajstić information content (AvgIpc) is 2.66. The van der Waals surface area contributed by atoms with Crippen molar-refractivity contribution in [3.63, 3.8) is 0 Å². The van der Waals surface area contributed by atoms with E-state index in [1.807, 2.05) is 36.1 Å². The molecule has 0 heterocycles. The van der Waals surface area contributed by atoms with Crippen LogP contribution in [0, 0.1) is 6.92 Å². The Labute approximate surface area is 162 Å². The van der Waals surface area contributed by atoms with Crippen LogP contribution in [0.5, 0.6) is 17.2 Å². The number of carbonyl (C=O) groups is 1. The summed E-state index contributed by atoms with van der Waals surface area (Å²) < 4.78 is 0. The van der Waals surface area contributed by atoms with Crippen molar-refractivity contribution in [3.05, 3.63) is 82.9 Å². The van der Waals surface area contributed by atoms with E-state index in [1.54, 1.807) is 6.07 Å². The molecule has 0 spiro atoms. The molecular weight excluding hydrogens is 358 g/mol. The molecule has 0 aromatic heterocycles. The van der Waals surface area contributed by atoms with Crippen LogP contribution in [0.3, 0.4) is 0 Å². The van der Waals surface area contributed by atoms with Crippen molar-refractivity contribution in [1.82, 2.24) is 0 Å². The Morgan fingerprint density at radius 1 is 0.857 bits per heavy atom. The summed E-state index contributed by atoms with van der Waals surface area (Å²) in [4.78, 5) is 13.3. The maximum absolute atomic E-state index is 11.4. The number of aromatic hydroxyl groups is 3. The number of phenols is 3. The predicted molar refractivity (Wildman–Crippen MR) is 106 cm³/mol. The van der Waals surface area contributed by atoms with E-state index in [9.17, 15) is 25.2 Å². The topological polar surface area (TPSA) is 101 Å². The first-order valence-corrected chi connectivity index (χ1v) is 8.71. The number of anilines is 1. The number of hydrogen-bond acceptors (Lipinski definition) is 5. The van der Waals surface area contributed by atoms with E-state index in [0.29, 0.717) is 17.8 Å². The zero-order valence-electron chi connectivity index (χ0n) is 15.3. The first-order valence-electron chi connectivity index (χ1n) is 8.71. The monoisotopic (exact) mass is 379 g/mol. The van der Waals surface area contributed by atoms with Crippen LogP contribution in [0.1, 0.15) is 27.0 Å². The van der Waals surface area contributed by atoms with Crippen LogP contribution in [0.4, 0.5) is 5.69 Å². The SMILES string of the molecule is Cc1ccc(CN(Cc2cc(O)ccc2O)c2ccc(O)c(C(=O)O)c2)cc1. The highest BCUT2D eigenvalue weighted by molar-refractivity contribution is 5.92. The summed E-state index contributed by atoms with van der Waals surface area (Å²) in [6.07, 6.45) is 0. The molecule has 0 radical (unpaired) electrons. The molecule has 6 nitrogen and oxygen atoms in total. The molecular formula is C22H21NO5. The number of nitrogens with zero attached hydrogens (tertiary/aromatic N) is 1. The number of aryl methyl sites for hydroxylation is 1. The normalized spacial score (nSPS) is 10.6. The minimum atomic E-state index is -1.23. The third-order valence-electron chi connectivity index (χ3n) is 4.49. The first kappa shape index (κ1) is 19.1. The van der Waals surface area contributed by atoms with Crippen molar-refractivity contribution >= 4 is 11.7 Å². The number of carboxylic acid groups (broad SMARTS) is 1. The molecule has 28 heavy (non-hydrogen) atoms. The summed E-state index contributed by atoms with van der Waals surface area (Å²) in [5, 5.41) is 39.0. The Morgan fingerprint density at radius 3 is 2.21 bits per heavy atom. The number of aromatic carboxylic acids is 1. The van der Waals surface area contributed by atoms with E-state index in [4.69, 9.17) is 0 Å². The minimum Gasteiger partial charge on any atom is -0.508 e. The molecule has 0 unspecified atom stereocenters. The van der Waals surface area contributed by atoms with Crippen LogP contribution in [0.25, 0.3) is 0 Å². The molecule has 0 saturated heterocycles. The Balaban J connectivity index is 2.00. The Kier molecular flexibility index (Phi) is 5.40. The van der Waals surface area contributed by atoms with Crippen molar-refractivity contribution in [3.8, 4) is 17.2 Å². The smallest absolute Gasteiger partial charge is 0.339 e. The lowest BCUT2D eigenvalue weighted by Gasteiger charge is -2.26. The van der Waals surface area contributed by atoms with Gasteiger partial charge in [0.1, 0.15) is 22.8 Å². The Morgan fingerprint density at radius 2 is 1.54 bits per heavy atom. The zero-order valence-corrected chi connectivity index (χ0v) is 15.3. The van der Waals surface area contributed by atoms with Gasteiger partial charge in [-0.2, -0.15) is 0 Å². The van der Waals surface area contributed by atoms with Crippen LogP contribution in [0.2, 0.25) is 0 Å². The molecule has 3 aromatic rings. The maximum atomic E-state index is 11.4. The number of carboxylic acids is 1. The van der Waals surface area contributed by atoms with Gasteiger partial charge in [-0.3, -0.25) is 0 Å². The lowest BCUT2D eigenvalue weighted by molar-refractivity contribution is 0.0693. The van der Waals surface area contributed by atoms with Gasteiger partial charge < -0.3 is 25.3 Å². The van der Waals surface area contributed by atoms with Gasteiger partial charge in [0.15, 0.2) is 0 Å². The molecule has 0 aliphatic rings. The minimum absolute atomic E-state index is 0.0278. The Bertz CT molecular complexity index is 998. The highest BCUT2D eigenvalue weighted by Crippen LogP contribution is 2.30. The molecule has 0 amide bonds. The lowest BCUT2D eigenvalue weighted by Crippen LogP contribution is -2.22. The third-order valence-corrected chi connectivity index (χ3v) is 4.49. The van der Waals surface area contributed by atoms with Crippen molar-refractivity contribution in [2.45, 2.75) is 20.0 Å². The van der Waals surface area contributed by atoms with E-state index < -0.39 is 5.97 Å². The van der Waals surface area contributed by atoms with Crippen molar-refractivity contribution in [2.75, 3.05) is 4.90 Å². The average molecular weight is 379 g/mol. The lowest BCUT2D eigenvalue weighted by atomic mass is 10.1. The number of hydrogen-bond donors (Lipinski definition) is 4. The molecule has 144 valence electrons. The van der Waals surface area contributed by atoms with Gasteiger partial charge in [0.2, 0.25) is 0 Å². The van der Waals surface area contributed by atoms with E-state index >= 15 is 0 Å². The van der Waals surface area contributed by atoms with Gasteiger partial charge in [0.05, 0.1) is 0 Å². The maximum Gasteiger partial charge on any atom is 0.339 e. The van der Waals surface area contributed by atoms with Gasteiger partial charge in [-0.15, -0.1) is 0 Å². The summed E-state index contributed by atoms with van der Waals surface area (Å²) in [6.45, 7) is 2.67. The second-order valence-corrected chi connectivity index (χ2v) is 6.66. The number of rotatable bonds is 6. The van der Waals surface area contributed by atoms with Crippen LogP contribution in [-0.2, 0) is 13.1 Å². The van der Waals surface area contributed by atoms with E-state index in [0.717, 1.165) is 11.1 Å². The molecule has 0 aliphatic carbocycles. The van der Waals surface area contributed by atoms with Gasteiger partial charge in [-0.1, -0.05) is 29.8 Å². The summed E-state index contributed by atoms with van der Waals surface area (Å²) in [5.74, 6) is -1.48. The van der Waals surface area contributed by atoms with Gasteiger partial charge in [0, 0.05) is 24.3 Å². The predicted octanol–water partition coefficient (Wildman–Crippen LogP) is 4.02. The summed E-state index contributed by atoms with van der Waals surface area (Å²) in [5.41, 5.74) is 2.98. The van der Waals surface area contributed by atoms with Crippen molar-refractivity contribution in [1.29, 1.82) is 0 Å². The fourth-order valence-corrected chi connectivity index (χ4v) is 2.95. The molecule has 0 fully saturated rings. The standard InChI is InChI=1S/C22H21NO5/c1-14-2-4-15(5-3-14)12-23(13-16-10-18(24)7-9-20(16)25)17-6-8-21(26)19(11-17)22(27)28/h2-11,24-26H,12-13H2,1H3,(H,27,28). The molecule has 6 heteroatoms. The fraction of sp³-hybridized carbons (Fsp3) is 0.136. The molecule has 3 aromatic carbocycles. The van der Waals surface area contributed by atoms with Crippen molar-refractivity contribution < 1.29 is 25.2 Å². The van der Waals surface area contributed by atoms with E-state index in [1.165, 1.54) is 30.3 Å². The van der Waals surface area contributed by atoms with Gasteiger partial charge in [-0.25, -0.2) is 4.79 Å². The molecule has 0 aliphatic heterocycles. The first-order chi connectivity index (χ1) is 13.3. The molecule has 0 atom stereocenters. The van der Waals surface area contributed by atoms with Gasteiger partial charge in [-0.05, 0) is 48.9 Å². The Hall–Kier alpha value is -3.67. The van der Waals surface area contributed by atoms with E-state index in [2.05, 4.69) is 0 Å².